The molecule has 0 spiro atoms. The number of fused-ring (bicyclic) bond motifs is 2. The van der Waals surface area contributed by atoms with Crippen molar-refractivity contribution in [3.8, 4) is 0 Å². The van der Waals surface area contributed by atoms with E-state index in [9.17, 15) is 10.1 Å². The van der Waals surface area contributed by atoms with Gasteiger partial charge in [0.05, 0.1) is 18.1 Å². The Balaban J connectivity index is 0.000000149. The molecule has 2 saturated heterocycles. The van der Waals surface area contributed by atoms with Gasteiger partial charge in [-0.15, -0.1) is 0 Å². The van der Waals surface area contributed by atoms with Gasteiger partial charge in [-0.25, -0.2) is 0 Å². The monoisotopic (exact) mass is 494 g/mol. The second kappa shape index (κ2) is 9.41. The predicted molar refractivity (Wildman–Crippen MR) is 140 cm³/mol. The second-order valence-corrected chi connectivity index (χ2v) is 11.2. The van der Waals surface area contributed by atoms with Crippen molar-refractivity contribution in [2.24, 2.45) is 23.7 Å². The standard InChI is InChI=1S/C14H18N2O3.C14H20N2O/c1-15-7-12-13(8-15)14(12,9-19-2)10-4-3-5-11(6-10)16(17)18;1-16-7-12-13(8-16)14(12,9-17-2)10-4-3-5-11(15)6-10/h3-6,12-13H,7-9H2,1-2H3;3-6,12-13H,7-9,15H2,1-2H3. The lowest BCUT2D eigenvalue weighted by Crippen LogP contribution is -2.30. The fraction of sp³-hybridized carbons (Fsp3) is 0.571. The van der Waals surface area contributed by atoms with Gasteiger partial charge >= 0.3 is 0 Å². The SMILES string of the molecule is COCC1(c2cccc(N)c2)C2CN(C)CC21.COCC1(c2cccc([N+](=O)[O-])c2)C2CN(C)CC21. The maximum Gasteiger partial charge on any atom is 0.269 e. The number of nitro groups is 1. The maximum atomic E-state index is 10.9. The zero-order valence-corrected chi connectivity index (χ0v) is 21.7. The Morgan fingerprint density at radius 3 is 1.72 bits per heavy atom. The maximum absolute atomic E-state index is 10.9. The Morgan fingerprint density at radius 2 is 1.31 bits per heavy atom. The highest BCUT2D eigenvalue weighted by molar-refractivity contribution is 5.48. The molecule has 2 N–H and O–H groups in total. The van der Waals surface area contributed by atoms with Crippen molar-refractivity contribution in [3.63, 3.8) is 0 Å². The normalized spacial score (nSPS) is 34.4. The van der Waals surface area contributed by atoms with E-state index in [1.54, 1.807) is 32.4 Å². The van der Waals surface area contributed by atoms with Gasteiger partial charge in [-0.2, -0.15) is 0 Å². The van der Waals surface area contributed by atoms with E-state index < -0.39 is 0 Å². The average molecular weight is 495 g/mol. The van der Waals surface area contributed by atoms with Gasteiger partial charge in [0.25, 0.3) is 5.69 Å². The molecular weight excluding hydrogens is 456 g/mol. The number of benzene rings is 2. The van der Waals surface area contributed by atoms with Gasteiger partial charge in [-0.1, -0.05) is 24.3 Å². The Kier molecular flexibility index (Phi) is 6.57. The van der Waals surface area contributed by atoms with Gasteiger partial charge in [0.2, 0.25) is 0 Å². The van der Waals surface area contributed by atoms with Gasteiger partial charge in [-0.05, 0) is 61.0 Å². The Morgan fingerprint density at radius 1 is 0.861 bits per heavy atom. The van der Waals surface area contributed by atoms with Crippen LogP contribution < -0.4 is 5.73 Å². The van der Waals surface area contributed by atoms with E-state index in [1.165, 1.54) is 18.7 Å². The first-order valence-corrected chi connectivity index (χ1v) is 12.7. The van der Waals surface area contributed by atoms with Gasteiger partial charge in [0.1, 0.15) is 0 Å². The van der Waals surface area contributed by atoms with Crippen LogP contribution in [0.25, 0.3) is 0 Å². The minimum absolute atomic E-state index is 0.00667. The molecule has 2 aromatic carbocycles. The minimum Gasteiger partial charge on any atom is -0.399 e. The van der Waals surface area contributed by atoms with E-state index >= 15 is 0 Å². The van der Waals surface area contributed by atoms with Crippen LogP contribution in [0.3, 0.4) is 0 Å². The highest BCUT2D eigenvalue weighted by Gasteiger charge is 2.69. The molecular formula is C28H38N4O4. The van der Waals surface area contributed by atoms with Crippen molar-refractivity contribution in [2.45, 2.75) is 10.8 Å². The molecule has 2 aliphatic heterocycles. The van der Waals surface area contributed by atoms with E-state index in [0.29, 0.717) is 18.4 Å². The highest BCUT2D eigenvalue weighted by Crippen LogP contribution is 2.64. The summed E-state index contributed by atoms with van der Waals surface area (Å²) in [5.41, 5.74) is 9.59. The smallest absolute Gasteiger partial charge is 0.269 e. The summed E-state index contributed by atoms with van der Waals surface area (Å²) >= 11 is 0. The quantitative estimate of drug-likeness (QED) is 0.359. The van der Waals surface area contributed by atoms with Crippen molar-refractivity contribution in [1.82, 2.24) is 9.80 Å². The first-order chi connectivity index (χ1) is 17.3. The third-order valence-corrected chi connectivity index (χ3v) is 9.22. The molecule has 4 atom stereocenters. The number of nitrogen functional groups attached to an aromatic ring is 1. The van der Waals surface area contributed by atoms with Crippen molar-refractivity contribution in [2.75, 3.05) is 73.4 Å². The first-order valence-electron chi connectivity index (χ1n) is 12.7. The molecule has 2 heterocycles. The lowest BCUT2D eigenvalue weighted by molar-refractivity contribution is -0.385. The van der Waals surface area contributed by atoms with Crippen LogP contribution in [-0.4, -0.2) is 82.4 Å². The lowest BCUT2D eigenvalue weighted by Gasteiger charge is -2.24. The molecule has 4 aliphatic rings. The number of nitro benzene ring substituents is 1. The van der Waals surface area contributed by atoms with E-state index in [0.717, 1.165) is 42.8 Å². The van der Waals surface area contributed by atoms with Gasteiger partial charge in [0.15, 0.2) is 0 Å². The van der Waals surface area contributed by atoms with Gasteiger partial charge < -0.3 is 25.0 Å². The topological polar surface area (TPSA) is 94.1 Å². The van der Waals surface area contributed by atoms with E-state index in [1.807, 2.05) is 12.1 Å². The molecule has 36 heavy (non-hydrogen) atoms. The molecule has 2 aromatic rings. The van der Waals surface area contributed by atoms with E-state index in [4.69, 9.17) is 15.2 Å². The van der Waals surface area contributed by atoms with Crippen LogP contribution in [0.2, 0.25) is 0 Å². The Hall–Kier alpha value is -2.52. The number of hydrogen-bond acceptors (Lipinski definition) is 7. The number of methoxy groups -OCH3 is 2. The third kappa shape index (κ3) is 4.00. The first kappa shape index (κ1) is 25.1. The van der Waals surface area contributed by atoms with Crippen LogP contribution in [-0.2, 0) is 20.3 Å². The largest absolute Gasteiger partial charge is 0.399 e. The number of piperidine rings is 2. The number of non-ortho nitro benzene ring substituents is 1. The van der Waals surface area contributed by atoms with Crippen LogP contribution in [0.5, 0.6) is 0 Å². The predicted octanol–water partition coefficient (Wildman–Crippen LogP) is 3.01. The fourth-order valence-corrected chi connectivity index (χ4v) is 7.53. The molecule has 0 radical (unpaired) electrons. The number of rotatable bonds is 7. The number of likely N-dealkylation sites (tertiary alicyclic amines) is 2. The summed E-state index contributed by atoms with van der Waals surface area (Å²) in [5, 5.41) is 10.9. The van der Waals surface area contributed by atoms with Crippen molar-refractivity contribution < 1.29 is 14.4 Å². The molecule has 2 saturated carbocycles. The van der Waals surface area contributed by atoms with Crippen molar-refractivity contribution in [3.05, 3.63) is 69.8 Å². The molecule has 194 valence electrons. The molecule has 0 bridgehead atoms. The molecule has 0 amide bonds. The molecule has 8 heteroatoms. The van der Waals surface area contributed by atoms with Crippen molar-refractivity contribution >= 4 is 11.4 Å². The van der Waals surface area contributed by atoms with Gasteiger partial charge in [-0.3, -0.25) is 10.1 Å². The number of ether oxygens (including phenoxy) is 2. The number of anilines is 1. The van der Waals surface area contributed by atoms with Crippen molar-refractivity contribution in [1.29, 1.82) is 0 Å². The van der Waals surface area contributed by atoms with Crippen LogP contribution in [0.4, 0.5) is 11.4 Å². The Labute approximate surface area is 213 Å². The van der Waals surface area contributed by atoms with Crippen LogP contribution in [0.1, 0.15) is 11.1 Å². The number of hydrogen-bond donors (Lipinski definition) is 1. The number of nitrogens with zero attached hydrogens (tertiary/aromatic N) is 3. The second-order valence-electron chi connectivity index (χ2n) is 11.2. The minimum atomic E-state index is -0.325. The van der Waals surface area contributed by atoms with Crippen LogP contribution in [0.15, 0.2) is 48.5 Å². The molecule has 0 aromatic heterocycles. The van der Waals surface area contributed by atoms with Crippen LogP contribution in [0, 0.1) is 33.8 Å². The summed E-state index contributed by atoms with van der Waals surface area (Å²) in [6.45, 7) is 5.94. The molecule has 6 rings (SSSR count). The summed E-state index contributed by atoms with van der Waals surface area (Å²) in [5.74, 6) is 2.63. The van der Waals surface area contributed by atoms with E-state index in [-0.39, 0.29) is 21.4 Å². The lowest BCUT2D eigenvalue weighted by atomic mass is 9.90. The highest BCUT2D eigenvalue weighted by atomic mass is 16.6. The summed E-state index contributed by atoms with van der Waals surface area (Å²) < 4.78 is 10.9. The summed E-state index contributed by atoms with van der Waals surface area (Å²) in [6, 6.07) is 15.4. The van der Waals surface area contributed by atoms with Gasteiger partial charge in [0, 0.05) is 69.0 Å². The summed E-state index contributed by atoms with van der Waals surface area (Å²) in [4.78, 5) is 15.3. The summed E-state index contributed by atoms with van der Waals surface area (Å²) in [7, 11) is 7.82. The average Bonchev–Trinajstić information content (AvgIpc) is 3.41. The molecule has 4 unspecified atom stereocenters. The molecule has 4 fully saturated rings. The Bertz CT molecular complexity index is 1100. The third-order valence-electron chi connectivity index (χ3n) is 9.22. The molecule has 8 nitrogen and oxygen atoms in total. The molecule has 2 aliphatic carbocycles. The summed E-state index contributed by atoms with van der Waals surface area (Å²) in [6.07, 6.45) is 0. The zero-order chi connectivity index (χ0) is 25.7. The van der Waals surface area contributed by atoms with Crippen LogP contribution >= 0.6 is 0 Å². The fourth-order valence-electron chi connectivity index (χ4n) is 7.53. The zero-order valence-electron chi connectivity index (χ0n) is 21.7. The van der Waals surface area contributed by atoms with E-state index in [2.05, 4.69) is 42.1 Å². The number of nitrogens with two attached hydrogens (primary N) is 1.